The van der Waals surface area contributed by atoms with Crippen LogP contribution >= 0.6 is 24.8 Å². The second-order valence-electron chi connectivity index (χ2n) is 5.27. The number of halogens is 2. The Morgan fingerprint density at radius 3 is 2.44 bits per heavy atom. The number of carbonyl (C=O) groups is 1. The lowest BCUT2D eigenvalue weighted by Gasteiger charge is -2.17. The van der Waals surface area contributed by atoms with Crippen molar-refractivity contribution in [2.24, 2.45) is 11.7 Å². The summed E-state index contributed by atoms with van der Waals surface area (Å²) in [6, 6.07) is 1.02. The molecular formula is C12H25Cl2N3O. The highest BCUT2D eigenvalue weighted by Crippen LogP contribution is 2.25. The summed E-state index contributed by atoms with van der Waals surface area (Å²) in [5.41, 5.74) is 5.80. The van der Waals surface area contributed by atoms with E-state index in [-0.39, 0.29) is 42.7 Å². The van der Waals surface area contributed by atoms with E-state index in [9.17, 15) is 4.79 Å². The predicted molar refractivity (Wildman–Crippen MR) is 78.5 cm³/mol. The van der Waals surface area contributed by atoms with Gasteiger partial charge >= 0.3 is 0 Å². The minimum Gasteiger partial charge on any atom is -0.355 e. The van der Waals surface area contributed by atoms with Gasteiger partial charge in [-0.3, -0.25) is 4.79 Å². The van der Waals surface area contributed by atoms with Crippen molar-refractivity contribution in [1.82, 2.24) is 10.2 Å². The Balaban J connectivity index is 0.00000144. The molecule has 2 fully saturated rings. The van der Waals surface area contributed by atoms with Crippen molar-refractivity contribution in [2.45, 2.75) is 44.2 Å². The molecule has 4 nitrogen and oxygen atoms in total. The number of carbonyl (C=O) groups excluding carboxylic acids is 1. The van der Waals surface area contributed by atoms with Gasteiger partial charge in [-0.15, -0.1) is 24.8 Å². The Labute approximate surface area is 122 Å². The highest BCUT2D eigenvalue weighted by atomic mass is 35.5. The molecule has 0 spiro atoms. The van der Waals surface area contributed by atoms with Crippen LogP contribution in [0.25, 0.3) is 0 Å². The molecule has 0 saturated heterocycles. The minimum atomic E-state index is 0. The van der Waals surface area contributed by atoms with Crippen molar-refractivity contribution >= 4 is 30.7 Å². The Hall–Kier alpha value is -0.0300. The van der Waals surface area contributed by atoms with Gasteiger partial charge in [0.2, 0.25) is 5.91 Å². The predicted octanol–water partition coefficient (Wildman–Crippen LogP) is 1.17. The molecule has 2 unspecified atom stereocenters. The number of hydrogen-bond donors (Lipinski definition) is 2. The summed E-state index contributed by atoms with van der Waals surface area (Å²) in [4.78, 5) is 14.1. The molecule has 0 heterocycles. The first-order chi connectivity index (χ1) is 7.66. The fraction of sp³-hybridized carbons (Fsp3) is 0.917. The number of nitrogens with one attached hydrogen (secondary N) is 1. The van der Waals surface area contributed by atoms with Gasteiger partial charge in [0, 0.05) is 31.1 Å². The second-order valence-corrected chi connectivity index (χ2v) is 5.27. The molecule has 0 aliphatic heterocycles. The summed E-state index contributed by atoms with van der Waals surface area (Å²) >= 11 is 0. The molecule has 3 N–H and O–H groups in total. The first kappa shape index (κ1) is 18.0. The maximum atomic E-state index is 11.8. The molecule has 2 rings (SSSR count). The topological polar surface area (TPSA) is 58.4 Å². The molecule has 2 atom stereocenters. The molecule has 108 valence electrons. The Morgan fingerprint density at radius 1 is 1.28 bits per heavy atom. The van der Waals surface area contributed by atoms with Gasteiger partial charge in [-0.25, -0.2) is 0 Å². The number of rotatable bonds is 5. The van der Waals surface area contributed by atoms with E-state index in [2.05, 4.69) is 17.3 Å². The normalized spacial score (nSPS) is 26.4. The molecule has 1 amide bonds. The second kappa shape index (κ2) is 8.20. The van der Waals surface area contributed by atoms with Crippen molar-refractivity contribution in [1.29, 1.82) is 0 Å². The summed E-state index contributed by atoms with van der Waals surface area (Å²) in [6.07, 6.45) is 5.47. The van der Waals surface area contributed by atoms with Crippen LogP contribution in [0.1, 0.15) is 32.1 Å². The number of likely N-dealkylation sites (N-methyl/N-ethyl adjacent to an activating group) is 1. The molecular weight excluding hydrogens is 273 g/mol. The molecule has 2 aliphatic rings. The fourth-order valence-corrected chi connectivity index (χ4v) is 2.45. The van der Waals surface area contributed by atoms with Crippen LogP contribution in [0.15, 0.2) is 0 Å². The number of amides is 1. The zero-order chi connectivity index (χ0) is 11.5. The van der Waals surface area contributed by atoms with Crippen LogP contribution in [0.3, 0.4) is 0 Å². The first-order valence-corrected chi connectivity index (χ1v) is 6.40. The Morgan fingerprint density at radius 2 is 1.94 bits per heavy atom. The van der Waals surface area contributed by atoms with Crippen LogP contribution in [0.4, 0.5) is 0 Å². The smallest absolute Gasteiger partial charge is 0.223 e. The molecule has 2 aliphatic carbocycles. The SMILES string of the molecule is CN(CCNC(=O)C1CCC(N)C1)C1CC1.Cl.Cl. The molecule has 0 bridgehead atoms. The van der Waals surface area contributed by atoms with Crippen LogP contribution in [-0.2, 0) is 4.79 Å². The van der Waals surface area contributed by atoms with Crippen molar-refractivity contribution in [3.8, 4) is 0 Å². The molecule has 0 aromatic carbocycles. The molecule has 0 radical (unpaired) electrons. The fourth-order valence-electron chi connectivity index (χ4n) is 2.45. The van der Waals surface area contributed by atoms with Gasteiger partial charge in [0.1, 0.15) is 0 Å². The number of nitrogens with two attached hydrogens (primary N) is 1. The highest BCUT2D eigenvalue weighted by Gasteiger charge is 2.28. The number of nitrogens with zero attached hydrogens (tertiary/aromatic N) is 1. The molecule has 0 aromatic heterocycles. The lowest BCUT2D eigenvalue weighted by Crippen LogP contribution is -2.36. The van der Waals surface area contributed by atoms with Gasteiger partial charge in [-0.1, -0.05) is 0 Å². The third-order valence-electron chi connectivity index (χ3n) is 3.78. The van der Waals surface area contributed by atoms with E-state index >= 15 is 0 Å². The first-order valence-electron chi connectivity index (χ1n) is 6.40. The van der Waals surface area contributed by atoms with Crippen LogP contribution in [0.2, 0.25) is 0 Å². The molecule has 18 heavy (non-hydrogen) atoms. The van der Waals surface area contributed by atoms with Gasteiger partial charge in [-0.05, 0) is 39.2 Å². The maximum Gasteiger partial charge on any atom is 0.223 e. The van der Waals surface area contributed by atoms with Gasteiger partial charge in [0.05, 0.1) is 0 Å². The minimum absolute atomic E-state index is 0. The quantitative estimate of drug-likeness (QED) is 0.801. The monoisotopic (exact) mass is 297 g/mol. The molecule has 6 heteroatoms. The van der Waals surface area contributed by atoms with Gasteiger partial charge in [0.15, 0.2) is 0 Å². The average Bonchev–Trinajstić information content (AvgIpc) is 3.01. The van der Waals surface area contributed by atoms with E-state index < -0.39 is 0 Å². The standard InChI is InChI=1S/C12H23N3O.2ClH/c1-15(11-4-5-11)7-6-14-12(16)9-2-3-10(13)8-9;;/h9-11H,2-8,13H2,1H3,(H,14,16);2*1H. The van der Waals surface area contributed by atoms with Gasteiger partial charge in [-0.2, -0.15) is 0 Å². The van der Waals surface area contributed by atoms with E-state index in [1.165, 1.54) is 12.8 Å². The third kappa shape index (κ3) is 5.31. The zero-order valence-corrected chi connectivity index (χ0v) is 12.6. The van der Waals surface area contributed by atoms with Crippen molar-refractivity contribution < 1.29 is 4.79 Å². The summed E-state index contributed by atoms with van der Waals surface area (Å²) < 4.78 is 0. The van der Waals surface area contributed by atoms with Crippen molar-refractivity contribution in [3.05, 3.63) is 0 Å². The van der Waals surface area contributed by atoms with Crippen LogP contribution in [-0.4, -0.2) is 43.0 Å². The van der Waals surface area contributed by atoms with E-state index in [1.807, 2.05) is 0 Å². The lowest BCUT2D eigenvalue weighted by atomic mass is 10.1. The van der Waals surface area contributed by atoms with Crippen molar-refractivity contribution in [3.63, 3.8) is 0 Å². The van der Waals surface area contributed by atoms with Crippen LogP contribution in [0, 0.1) is 5.92 Å². The van der Waals surface area contributed by atoms with Gasteiger partial charge < -0.3 is 16.0 Å². The van der Waals surface area contributed by atoms with Crippen molar-refractivity contribution in [2.75, 3.05) is 20.1 Å². The average molecular weight is 298 g/mol. The largest absolute Gasteiger partial charge is 0.355 e. The maximum absolute atomic E-state index is 11.8. The van der Waals surface area contributed by atoms with E-state index in [0.717, 1.165) is 38.4 Å². The summed E-state index contributed by atoms with van der Waals surface area (Å²) in [7, 11) is 2.13. The third-order valence-corrected chi connectivity index (χ3v) is 3.78. The molecule has 0 aromatic rings. The van der Waals surface area contributed by atoms with E-state index in [1.54, 1.807) is 0 Å². The Kier molecular flexibility index (Phi) is 8.19. The number of hydrogen-bond acceptors (Lipinski definition) is 3. The highest BCUT2D eigenvalue weighted by molar-refractivity contribution is 5.85. The van der Waals surface area contributed by atoms with E-state index in [4.69, 9.17) is 5.73 Å². The van der Waals surface area contributed by atoms with E-state index in [0.29, 0.717) is 0 Å². The van der Waals surface area contributed by atoms with Crippen LogP contribution in [0.5, 0.6) is 0 Å². The summed E-state index contributed by atoms with van der Waals surface area (Å²) in [5, 5.41) is 3.02. The van der Waals surface area contributed by atoms with Gasteiger partial charge in [0.25, 0.3) is 0 Å². The summed E-state index contributed by atoms with van der Waals surface area (Å²) in [6.45, 7) is 1.74. The summed E-state index contributed by atoms with van der Waals surface area (Å²) in [5.74, 6) is 0.373. The lowest BCUT2D eigenvalue weighted by molar-refractivity contribution is -0.124. The Bertz CT molecular complexity index is 262. The zero-order valence-electron chi connectivity index (χ0n) is 10.9. The van der Waals surface area contributed by atoms with Crippen LogP contribution < -0.4 is 11.1 Å². The molecule has 2 saturated carbocycles.